The van der Waals surface area contributed by atoms with Crippen LogP contribution in [-0.4, -0.2) is 35.7 Å². The molecule has 1 aromatic heterocycles. The van der Waals surface area contributed by atoms with Gasteiger partial charge in [-0.1, -0.05) is 18.2 Å². The Morgan fingerprint density at radius 1 is 1.22 bits per heavy atom. The summed E-state index contributed by atoms with van der Waals surface area (Å²) in [6, 6.07) is 3.61. The molecule has 4 atom stereocenters. The summed E-state index contributed by atoms with van der Waals surface area (Å²) in [6.45, 7) is 0.864. The Bertz CT molecular complexity index is 652. The van der Waals surface area contributed by atoms with Crippen molar-refractivity contribution in [2.75, 3.05) is 13.1 Å². The van der Waals surface area contributed by atoms with Crippen molar-refractivity contribution in [3.8, 4) is 0 Å². The molecule has 3 amide bonds. The van der Waals surface area contributed by atoms with Gasteiger partial charge in [0.25, 0.3) is 5.91 Å². The van der Waals surface area contributed by atoms with Crippen LogP contribution in [0.1, 0.15) is 22.5 Å². The number of carbonyl (C=O) groups excluding carboxylic acids is 3. The number of rotatable bonds is 5. The van der Waals surface area contributed by atoms with E-state index >= 15 is 0 Å². The van der Waals surface area contributed by atoms with Crippen molar-refractivity contribution in [3.05, 3.63) is 34.5 Å². The van der Waals surface area contributed by atoms with Gasteiger partial charge in [0.1, 0.15) is 0 Å². The van der Waals surface area contributed by atoms with E-state index in [4.69, 9.17) is 0 Å². The molecule has 0 radical (unpaired) electrons. The first kappa shape index (κ1) is 14.6. The zero-order chi connectivity index (χ0) is 16.0. The average Bonchev–Trinajstić information content (AvgIpc) is 3.30. The van der Waals surface area contributed by atoms with E-state index in [9.17, 15) is 14.4 Å². The molecule has 5 nitrogen and oxygen atoms in total. The summed E-state index contributed by atoms with van der Waals surface area (Å²) < 4.78 is 0. The summed E-state index contributed by atoms with van der Waals surface area (Å²) in [5.41, 5.74) is 0. The van der Waals surface area contributed by atoms with Crippen molar-refractivity contribution < 1.29 is 14.4 Å². The van der Waals surface area contributed by atoms with E-state index in [1.807, 2.05) is 11.4 Å². The fourth-order valence-corrected chi connectivity index (χ4v) is 4.76. The van der Waals surface area contributed by atoms with Gasteiger partial charge in [0.05, 0.1) is 16.7 Å². The van der Waals surface area contributed by atoms with Gasteiger partial charge >= 0.3 is 0 Å². The van der Waals surface area contributed by atoms with Gasteiger partial charge in [-0.15, -0.1) is 11.3 Å². The van der Waals surface area contributed by atoms with Crippen molar-refractivity contribution in [1.82, 2.24) is 10.2 Å². The van der Waals surface area contributed by atoms with E-state index in [-0.39, 0.29) is 41.4 Å². The van der Waals surface area contributed by atoms with Gasteiger partial charge in [-0.25, -0.2) is 0 Å². The molecule has 3 aliphatic rings. The van der Waals surface area contributed by atoms with Gasteiger partial charge in [-0.3, -0.25) is 19.3 Å². The molecule has 2 aliphatic carbocycles. The topological polar surface area (TPSA) is 66.5 Å². The number of allylic oxidation sites excluding steroid dienone is 2. The summed E-state index contributed by atoms with van der Waals surface area (Å²) in [5, 5.41) is 4.69. The maximum absolute atomic E-state index is 12.5. The second-order valence-electron chi connectivity index (χ2n) is 6.41. The number of carbonyl (C=O) groups is 3. The number of thiophene rings is 1. The van der Waals surface area contributed by atoms with Gasteiger partial charge in [-0.05, 0) is 36.1 Å². The molecule has 1 aliphatic heterocycles. The highest BCUT2D eigenvalue weighted by Gasteiger charge is 2.58. The normalized spacial score (nSPS) is 31.0. The maximum Gasteiger partial charge on any atom is 0.261 e. The molecule has 0 aromatic carbocycles. The highest BCUT2D eigenvalue weighted by atomic mass is 32.1. The summed E-state index contributed by atoms with van der Waals surface area (Å²) in [4.78, 5) is 38.9. The van der Waals surface area contributed by atoms with Gasteiger partial charge in [0, 0.05) is 13.1 Å². The Kier molecular flexibility index (Phi) is 3.56. The van der Waals surface area contributed by atoms with Crippen molar-refractivity contribution in [3.63, 3.8) is 0 Å². The molecule has 1 saturated heterocycles. The number of amides is 3. The molecule has 2 heterocycles. The van der Waals surface area contributed by atoms with Crippen LogP contribution >= 0.6 is 11.3 Å². The minimum atomic E-state index is -0.127. The number of imide groups is 1. The van der Waals surface area contributed by atoms with Crippen LogP contribution in [-0.2, 0) is 9.59 Å². The second kappa shape index (κ2) is 5.60. The fraction of sp³-hybridized carbons (Fsp3) is 0.471. The van der Waals surface area contributed by atoms with Crippen LogP contribution in [0.5, 0.6) is 0 Å². The first-order chi connectivity index (χ1) is 11.2. The number of nitrogens with zero attached hydrogens (tertiary/aromatic N) is 1. The fourth-order valence-electron chi connectivity index (χ4n) is 4.12. The van der Waals surface area contributed by atoms with Crippen LogP contribution in [0.4, 0.5) is 0 Å². The third kappa shape index (κ3) is 2.32. The second-order valence-corrected chi connectivity index (χ2v) is 7.36. The lowest BCUT2D eigenvalue weighted by atomic mass is 9.85. The van der Waals surface area contributed by atoms with Crippen LogP contribution < -0.4 is 5.32 Å². The lowest BCUT2D eigenvalue weighted by Gasteiger charge is -2.17. The van der Waals surface area contributed by atoms with E-state index in [0.29, 0.717) is 24.4 Å². The minimum absolute atomic E-state index is 0.0126. The number of likely N-dealkylation sites (tertiary alicyclic amines) is 1. The largest absolute Gasteiger partial charge is 0.351 e. The Morgan fingerprint density at radius 2 is 1.91 bits per heavy atom. The van der Waals surface area contributed by atoms with E-state index in [1.165, 1.54) is 16.2 Å². The molecule has 0 unspecified atom stereocenters. The van der Waals surface area contributed by atoms with E-state index in [2.05, 4.69) is 17.5 Å². The Labute approximate surface area is 138 Å². The predicted molar refractivity (Wildman–Crippen MR) is 85.7 cm³/mol. The standard InChI is InChI=1S/C17H18N2O3S/c20-15(12-3-1-8-23-12)18-6-2-7-19-16(21)13-10-4-5-11(9-10)14(13)17(19)22/h1,3-5,8,10-11,13-14H,2,6-7,9H2,(H,18,20)/t10-,11-,13-,14-/m0/s1. The molecule has 1 saturated carbocycles. The Morgan fingerprint density at radius 3 is 2.52 bits per heavy atom. The molecule has 4 rings (SSSR count). The lowest BCUT2D eigenvalue weighted by Crippen LogP contribution is -2.35. The zero-order valence-electron chi connectivity index (χ0n) is 12.6. The monoisotopic (exact) mass is 330 g/mol. The molecule has 1 aromatic rings. The summed E-state index contributed by atoms with van der Waals surface area (Å²) in [6.07, 6.45) is 5.75. The molecule has 23 heavy (non-hydrogen) atoms. The first-order valence-corrected chi connectivity index (χ1v) is 8.90. The molecule has 6 heteroatoms. The van der Waals surface area contributed by atoms with Crippen molar-refractivity contribution in [2.45, 2.75) is 12.8 Å². The number of fused-ring (bicyclic) bond motifs is 5. The van der Waals surface area contributed by atoms with Crippen LogP contribution in [0, 0.1) is 23.7 Å². The maximum atomic E-state index is 12.5. The Balaban J connectivity index is 1.30. The third-order valence-corrected chi connectivity index (χ3v) is 6.02. The van der Waals surface area contributed by atoms with Gasteiger partial charge in [0.2, 0.25) is 11.8 Å². The van der Waals surface area contributed by atoms with Crippen molar-refractivity contribution in [2.24, 2.45) is 23.7 Å². The lowest BCUT2D eigenvalue weighted by molar-refractivity contribution is -0.140. The van der Waals surface area contributed by atoms with Crippen LogP contribution in [0.3, 0.4) is 0 Å². The van der Waals surface area contributed by atoms with Crippen molar-refractivity contribution >= 4 is 29.1 Å². The SMILES string of the molecule is O=C(NCCCN1C(=O)[C@@H]2[C@@H](C1=O)[C@H]1C=C[C@H]2C1)c1cccs1. The summed E-state index contributed by atoms with van der Waals surface area (Å²) >= 11 is 1.40. The van der Waals surface area contributed by atoms with E-state index < -0.39 is 0 Å². The van der Waals surface area contributed by atoms with Crippen LogP contribution in [0.25, 0.3) is 0 Å². The predicted octanol–water partition coefficient (Wildman–Crippen LogP) is 1.68. The molecular formula is C17H18N2O3S. The molecule has 0 spiro atoms. The average molecular weight is 330 g/mol. The van der Waals surface area contributed by atoms with Crippen LogP contribution in [0.2, 0.25) is 0 Å². The minimum Gasteiger partial charge on any atom is -0.351 e. The zero-order valence-corrected chi connectivity index (χ0v) is 13.4. The highest BCUT2D eigenvalue weighted by molar-refractivity contribution is 7.12. The number of hydrogen-bond donors (Lipinski definition) is 1. The van der Waals surface area contributed by atoms with Gasteiger partial charge in [-0.2, -0.15) is 0 Å². The first-order valence-electron chi connectivity index (χ1n) is 8.02. The quantitative estimate of drug-likeness (QED) is 0.507. The summed E-state index contributed by atoms with van der Waals surface area (Å²) in [5.74, 6) is 0.132. The summed E-state index contributed by atoms with van der Waals surface area (Å²) in [7, 11) is 0. The number of hydrogen-bond acceptors (Lipinski definition) is 4. The van der Waals surface area contributed by atoms with Gasteiger partial charge < -0.3 is 5.32 Å². The smallest absolute Gasteiger partial charge is 0.261 e. The van der Waals surface area contributed by atoms with E-state index in [0.717, 1.165) is 6.42 Å². The van der Waals surface area contributed by atoms with Crippen LogP contribution in [0.15, 0.2) is 29.7 Å². The third-order valence-electron chi connectivity index (χ3n) is 5.15. The number of nitrogens with one attached hydrogen (secondary N) is 1. The molecule has 2 fully saturated rings. The van der Waals surface area contributed by atoms with Crippen molar-refractivity contribution in [1.29, 1.82) is 0 Å². The molecule has 2 bridgehead atoms. The highest BCUT2D eigenvalue weighted by Crippen LogP contribution is 2.52. The Hall–Kier alpha value is -1.95. The van der Waals surface area contributed by atoms with E-state index in [1.54, 1.807) is 6.07 Å². The molecule has 120 valence electrons. The molecular weight excluding hydrogens is 312 g/mol. The van der Waals surface area contributed by atoms with Gasteiger partial charge in [0.15, 0.2) is 0 Å². The molecule has 1 N–H and O–H groups in total.